The predicted molar refractivity (Wildman–Crippen MR) is 175 cm³/mol. The Morgan fingerprint density at radius 3 is 2.46 bits per heavy atom. The summed E-state index contributed by atoms with van der Waals surface area (Å²) < 4.78 is 27.4. The van der Waals surface area contributed by atoms with Crippen LogP contribution in [0.3, 0.4) is 0 Å². The summed E-state index contributed by atoms with van der Waals surface area (Å²) in [5.74, 6) is 1.23. The number of nitrogens with zero attached hydrogens (tertiary/aromatic N) is 5. The fraction of sp³-hybridized carbons (Fsp3) is 0.367. The van der Waals surface area contributed by atoms with Crippen molar-refractivity contribution in [3.8, 4) is 11.5 Å². The van der Waals surface area contributed by atoms with Gasteiger partial charge in [0.15, 0.2) is 11.5 Å². The first kappa shape index (κ1) is 35.0. The Bertz CT molecular complexity index is 1680. The molecule has 2 aromatic carbocycles. The van der Waals surface area contributed by atoms with Gasteiger partial charge in [0.1, 0.15) is 12.1 Å². The Morgan fingerprint density at radius 1 is 1.02 bits per heavy atom. The van der Waals surface area contributed by atoms with E-state index < -0.39 is 7.82 Å². The number of carbonyl (C=O) groups excluding carboxylic acids is 1. The van der Waals surface area contributed by atoms with Crippen LogP contribution in [0, 0.1) is 5.41 Å². The van der Waals surface area contributed by atoms with Crippen molar-refractivity contribution in [1.29, 1.82) is 0 Å². The van der Waals surface area contributed by atoms with Gasteiger partial charge in [-0.2, -0.15) is 0 Å². The van der Waals surface area contributed by atoms with Crippen molar-refractivity contribution in [3.05, 3.63) is 65.7 Å². The first-order valence-electron chi connectivity index (χ1n) is 14.3. The average Bonchev–Trinajstić information content (AvgIpc) is 2.98. The number of nitrogens with one attached hydrogen (secondary N) is 2. The van der Waals surface area contributed by atoms with Gasteiger partial charge < -0.3 is 29.5 Å². The lowest BCUT2D eigenvalue weighted by Gasteiger charge is -2.29. The molecule has 0 radical (unpaired) electrons. The molecule has 16 heteroatoms. The van der Waals surface area contributed by atoms with E-state index in [1.807, 2.05) is 0 Å². The number of halogens is 1. The zero-order valence-corrected chi connectivity index (χ0v) is 27.6. The minimum absolute atomic E-state index is 0.0162. The summed E-state index contributed by atoms with van der Waals surface area (Å²) in [5.41, 5.74) is 1.52. The molecule has 0 aliphatic heterocycles. The van der Waals surface area contributed by atoms with Gasteiger partial charge in [-0.1, -0.05) is 38.4 Å². The van der Waals surface area contributed by atoms with Gasteiger partial charge in [0.25, 0.3) is 5.91 Å². The Kier molecular flexibility index (Phi) is 11.8. The molecule has 1 amide bonds. The Balaban J connectivity index is 1.39. The third-order valence-corrected chi connectivity index (χ3v) is 7.14. The van der Waals surface area contributed by atoms with Crippen molar-refractivity contribution >= 4 is 53.7 Å². The van der Waals surface area contributed by atoms with E-state index in [2.05, 4.69) is 60.8 Å². The number of anilines is 3. The largest absolute Gasteiger partial charge is 0.493 e. The van der Waals surface area contributed by atoms with Crippen molar-refractivity contribution < 1.29 is 33.1 Å². The summed E-state index contributed by atoms with van der Waals surface area (Å²) in [6.07, 6.45) is 5.11. The number of rotatable bonds is 15. The number of phosphoric acid groups is 1. The number of benzene rings is 2. The lowest BCUT2D eigenvalue weighted by atomic mass is 9.96. The van der Waals surface area contributed by atoms with Crippen LogP contribution in [0.15, 0.2) is 55.1 Å². The van der Waals surface area contributed by atoms with Gasteiger partial charge in [-0.3, -0.25) is 14.6 Å². The van der Waals surface area contributed by atoms with Crippen LogP contribution in [-0.2, 0) is 9.09 Å². The van der Waals surface area contributed by atoms with E-state index in [9.17, 15) is 9.36 Å². The molecule has 4 aromatic rings. The highest BCUT2D eigenvalue weighted by molar-refractivity contribution is 7.46. The van der Waals surface area contributed by atoms with Crippen LogP contribution in [0.25, 0.3) is 10.9 Å². The molecule has 0 bridgehead atoms. The summed E-state index contributed by atoms with van der Waals surface area (Å²) in [7, 11) is -2.98. The van der Waals surface area contributed by atoms with E-state index in [0.717, 1.165) is 6.54 Å². The Morgan fingerprint density at radius 2 is 1.78 bits per heavy atom. The van der Waals surface area contributed by atoms with Gasteiger partial charge in [0, 0.05) is 41.7 Å². The van der Waals surface area contributed by atoms with Gasteiger partial charge in [-0.15, -0.1) is 0 Å². The van der Waals surface area contributed by atoms with Crippen LogP contribution in [0.5, 0.6) is 11.5 Å². The SMILES string of the molecule is COc1cc2c(Nc3cnc(NC(=O)c4cccc(Cl)c4)nc3)ncnc2cc1OCCCN(CCOP(=O)(O)O)CC(C)(C)C. The van der Waals surface area contributed by atoms with Crippen LogP contribution in [0.1, 0.15) is 37.6 Å². The van der Waals surface area contributed by atoms with Gasteiger partial charge in [0.2, 0.25) is 5.95 Å². The topological polar surface area (TPSA) is 181 Å². The summed E-state index contributed by atoms with van der Waals surface area (Å²) in [4.78, 5) is 49.8. The molecule has 0 fully saturated rings. The molecule has 2 heterocycles. The van der Waals surface area contributed by atoms with E-state index in [-0.39, 0.29) is 23.9 Å². The molecule has 0 saturated carbocycles. The number of carbonyl (C=O) groups is 1. The molecule has 4 rings (SSSR count). The molecule has 0 unspecified atom stereocenters. The maximum atomic E-state index is 12.5. The summed E-state index contributed by atoms with van der Waals surface area (Å²) in [6, 6.07) is 10.1. The molecule has 46 heavy (non-hydrogen) atoms. The average molecular weight is 674 g/mol. The van der Waals surface area contributed by atoms with E-state index in [4.69, 9.17) is 30.9 Å². The van der Waals surface area contributed by atoms with E-state index >= 15 is 0 Å². The fourth-order valence-electron chi connectivity index (χ4n) is 4.53. The second-order valence-electron chi connectivity index (χ2n) is 11.5. The quantitative estimate of drug-likeness (QED) is 0.0943. The number of hydrogen-bond acceptors (Lipinski definition) is 11. The third-order valence-electron chi connectivity index (χ3n) is 6.39. The fourth-order valence-corrected chi connectivity index (χ4v) is 5.04. The molecular weight excluding hydrogens is 637 g/mol. The molecule has 246 valence electrons. The maximum Gasteiger partial charge on any atom is 0.469 e. The maximum absolute atomic E-state index is 12.5. The van der Waals surface area contributed by atoms with Crippen molar-refractivity contribution in [2.45, 2.75) is 27.2 Å². The first-order chi connectivity index (χ1) is 21.8. The third kappa shape index (κ3) is 10.9. The molecule has 0 atom stereocenters. The summed E-state index contributed by atoms with van der Waals surface area (Å²) in [6.45, 7) is 8.31. The van der Waals surface area contributed by atoms with Gasteiger partial charge >= 0.3 is 7.82 Å². The first-order valence-corrected chi connectivity index (χ1v) is 16.2. The molecular formula is C30H37ClN7O7P. The highest BCUT2D eigenvalue weighted by atomic mass is 35.5. The summed E-state index contributed by atoms with van der Waals surface area (Å²) >= 11 is 5.97. The smallest absolute Gasteiger partial charge is 0.469 e. The monoisotopic (exact) mass is 673 g/mol. The van der Waals surface area contributed by atoms with Crippen LogP contribution < -0.4 is 20.1 Å². The molecule has 0 saturated heterocycles. The van der Waals surface area contributed by atoms with Crippen LogP contribution in [-0.4, -0.2) is 80.5 Å². The zero-order valence-electron chi connectivity index (χ0n) is 25.9. The number of amides is 1. The van der Waals surface area contributed by atoms with E-state index in [1.165, 1.54) is 18.7 Å². The molecule has 2 aromatic heterocycles. The van der Waals surface area contributed by atoms with Gasteiger partial charge in [-0.25, -0.2) is 24.5 Å². The molecule has 0 aliphatic carbocycles. The van der Waals surface area contributed by atoms with E-state index in [0.29, 0.717) is 70.6 Å². The number of phosphoric ester groups is 1. The predicted octanol–water partition coefficient (Wildman–Crippen LogP) is 5.30. The lowest BCUT2D eigenvalue weighted by Crippen LogP contribution is -2.36. The van der Waals surface area contributed by atoms with Crippen LogP contribution in [0.2, 0.25) is 5.02 Å². The van der Waals surface area contributed by atoms with Gasteiger partial charge in [-0.05, 0) is 36.1 Å². The second-order valence-corrected chi connectivity index (χ2v) is 13.2. The number of fused-ring (bicyclic) bond motifs is 1. The number of hydrogen-bond donors (Lipinski definition) is 4. The minimum atomic E-state index is -4.52. The number of aromatic nitrogens is 4. The van der Waals surface area contributed by atoms with Crippen molar-refractivity contribution in [3.63, 3.8) is 0 Å². The van der Waals surface area contributed by atoms with E-state index in [1.54, 1.807) is 43.5 Å². The standard InChI is InChI=1S/C30H37ClN7O7P/c1-30(2,3)18-38(10-12-45-46(40,41)42)9-6-11-44-26-15-24-23(14-25(26)43-4)27(35-19-34-24)36-22-16-32-29(33-17-22)37-28(39)20-7-5-8-21(31)13-20/h5,7-8,13-17,19H,6,9-12,18H2,1-4H3,(H,34,35,36)(H2,40,41,42)(H,32,33,37,39). The molecule has 14 nitrogen and oxygen atoms in total. The minimum Gasteiger partial charge on any atom is -0.493 e. The number of ether oxygens (including phenoxy) is 2. The molecule has 0 spiro atoms. The van der Waals surface area contributed by atoms with Crippen molar-refractivity contribution in [2.75, 3.05) is 50.6 Å². The van der Waals surface area contributed by atoms with Crippen molar-refractivity contribution in [1.82, 2.24) is 24.8 Å². The molecule has 4 N–H and O–H groups in total. The van der Waals surface area contributed by atoms with Gasteiger partial charge in [0.05, 0.1) is 43.9 Å². The van der Waals surface area contributed by atoms with Crippen LogP contribution >= 0.6 is 19.4 Å². The highest BCUT2D eigenvalue weighted by Gasteiger charge is 2.19. The molecule has 0 aliphatic rings. The highest BCUT2D eigenvalue weighted by Crippen LogP contribution is 2.36. The normalized spacial score (nSPS) is 11.9. The zero-order chi connectivity index (χ0) is 33.3. The second kappa shape index (κ2) is 15.6. The van der Waals surface area contributed by atoms with Crippen LogP contribution in [0.4, 0.5) is 17.5 Å². The Labute approximate surface area is 271 Å². The Hall–Kier alpha value is -3.91. The number of methoxy groups -OCH3 is 1. The lowest BCUT2D eigenvalue weighted by molar-refractivity contribution is 0.102. The van der Waals surface area contributed by atoms with Crippen molar-refractivity contribution in [2.24, 2.45) is 5.41 Å². The summed E-state index contributed by atoms with van der Waals surface area (Å²) in [5, 5.41) is 6.94.